The summed E-state index contributed by atoms with van der Waals surface area (Å²) in [7, 11) is 3.15. The highest BCUT2D eigenvalue weighted by atomic mass is 35.5. The summed E-state index contributed by atoms with van der Waals surface area (Å²) >= 11 is 0. The van der Waals surface area contributed by atoms with Gasteiger partial charge in [0, 0.05) is 25.2 Å². The zero-order valence-electron chi connectivity index (χ0n) is 17.2. The van der Waals surface area contributed by atoms with E-state index in [1.807, 2.05) is 12.1 Å². The highest BCUT2D eigenvalue weighted by molar-refractivity contribution is 5.85. The molecule has 1 amide bonds. The van der Waals surface area contributed by atoms with Crippen molar-refractivity contribution in [1.29, 1.82) is 0 Å². The van der Waals surface area contributed by atoms with Crippen molar-refractivity contribution in [3.63, 3.8) is 0 Å². The summed E-state index contributed by atoms with van der Waals surface area (Å²) in [5.74, 6) is 2.72. The van der Waals surface area contributed by atoms with Crippen LogP contribution >= 0.6 is 24.8 Å². The summed E-state index contributed by atoms with van der Waals surface area (Å²) in [6.45, 7) is 2.54. The maximum atomic E-state index is 12.0. The third-order valence-corrected chi connectivity index (χ3v) is 4.82. The molecule has 7 nitrogen and oxygen atoms in total. The summed E-state index contributed by atoms with van der Waals surface area (Å²) in [6.07, 6.45) is 4.35. The average Bonchev–Trinajstić information content (AvgIpc) is 3.25. The summed E-state index contributed by atoms with van der Waals surface area (Å²) in [6, 6.07) is 9.06. The first-order valence-electron chi connectivity index (χ1n) is 9.50. The lowest BCUT2D eigenvalue weighted by Crippen LogP contribution is -2.23. The van der Waals surface area contributed by atoms with Crippen molar-refractivity contribution in [2.24, 2.45) is 5.92 Å². The smallest absolute Gasteiger partial charge is 0.220 e. The van der Waals surface area contributed by atoms with E-state index in [0.717, 1.165) is 31.5 Å². The molecular weight excluding hydrogens is 429 g/mol. The Morgan fingerprint density at radius 2 is 1.90 bits per heavy atom. The molecule has 2 heterocycles. The topological polar surface area (TPSA) is 81.7 Å². The summed E-state index contributed by atoms with van der Waals surface area (Å²) < 4.78 is 16.5. The van der Waals surface area contributed by atoms with Crippen molar-refractivity contribution in [3.8, 4) is 23.1 Å². The van der Waals surface area contributed by atoms with Gasteiger partial charge in [-0.15, -0.1) is 24.8 Å². The van der Waals surface area contributed by atoms with Gasteiger partial charge in [0.25, 0.3) is 0 Å². The number of carbonyl (C=O) groups excluding carboxylic acids is 1. The Balaban J connectivity index is 0.00000225. The Bertz CT molecular complexity index is 762. The van der Waals surface area contributed by atoms with Gasteiger partial charge in [-0.1, -0.05) is 12.1 Å². The third-order valence-electron chi connectivity index (χ3n) is 4.82. The van der Waals surface area contributed by atoms with E-state index >= 15 is 0 Å². The number of hydrogen-bond donors (Lipinski definition) is 2. The Hall–Kier alpha value is -2.22. The second kappa shape index (κ2) is 13.2. The van der Waals surface area contributed by atoms with Crippen LogP contribution in [0, 0.1) is 5.92 Å². The highest BCUT2D eigenvalue weighted by Crippen LogP contribution is 2.39. The highest BCUT2D eigenvalue weighted by Gasteiger charge is 2.16. The molecule has 1 fully saturated rings. The van der Waals surface area contributed by atoms with Gasteiger partial charge in [-0.25, -0.2) is 4.98 Å². The molecule has 1 aliphatic rings. The van der Waals surface area contributed by atoms with Gasteiger partial charge in [-0.2, -0.15) is 0 Å². The van der Waals surface area contributed by atoms with Crippen LogP contribution in [0.5, 0.6) is 23.1 Å². The minimum atomic E-state index is 0. The third kappa shape index (κ3) is 7.23. The Morgan fingerprint density at radius 1 is 1.17 bits per heavy atom. The lowest BCUT2D eigenvalue weighted by molar-refractivity contribution is -0.121. The number of amides is 1. The molecule has 30 heavy (non-hydrogen) atoms. The number of nitrogens with zero attached hydrogens (tertiary/aromatic N) is 1. The molecule has 0 saturated carbocycles. The van der Waals surface area contributed by atoms with E-state index in [0.29, 0.717) is 42.0 Å². The maximum absolute atomic E-state index is 12.0. The fraction of sp³-hybridized carbons (Fsp3) is 0.429. The fourth-order valence-corrected chi connectivity index (χ4v) is 3.18. The van der Waals surface area contributed by atoms with Gasteiger partial charge in [0.05, 0.1) is 14.2 Å². The van der Waals surface area contributed by atoms with Crippen molar-refractivity contribution in [2.45, 2.75) is 25.8 Å². The number of para-hydroxylation sites is 1. The molecule has 0 bridgehead atoms. The number of carbonyl (C=O) groups is 1. The molecule has 1 aromatic carbocycles. The predicted molar refractivity (Wildman–Crippen MR) is 120 cm³/mol. The first-order chi connectivity index (χ1) is 13.7. The molecule has 1 saturated heterocycles. The van der Waals surface area contributed by atoms with Crippen LogP contribution in [0.3, 0.4) is 0 Å². The van der Waals surface area contributed by atoms with Crippen LogP contribution in [0.25, 0.3) is 0 Å². The first kappa shape index (κ1) is 25.8. The van der Waals surface area contributed by atoms with E-state index in [4.69, 9.17) is 14.2 Å². The number of rotatable bonds is 9. The molecular formula is C21H29Cl2N3O4. The van der Waals surface area contributed by atoms with Gasteiger partial charge in [-0.05, 0) is 49.5 Å². The predicted octanol–water partition coefficient (Wildman–Crippen LogP) is 3.74. The Morgan fingerprint density at radius 3 is 2.47 bits per heavy atom. The van der Waals surface area contributed by atoms with Crippen molar-refractivity contribution < 1.29 is 19.0 Å². The minimum absolute atomic E-state index is 0. The van der Waals surface area contributed by atoms with Crippen molar-refractivity contribution >= 4 is 30.7 Å². The number of hydrogen-bond acceptors (Lipinski definition) is 6. The molecule has 2 N–H and O–H groups in total. The quantitative estimate of drug-likeness (QED) is 0.596. The molecule has 2 aromatic rings. The van der Waals surface area contributed by atoms with Crippen LogP contribution in [0.2, 0.25) is 0 Å². The van der Waals surface area contributed by atoms with Crippen molar-refractivity contribution in [1.82, 2.24) is 15.6 Å². The van der Waals surface area contributed by atoms with E-state index in [2.05, 4.69) is 15.6 Å². The summed E-state index contributed by atoms with van der Waals surface area (Å²) in [4.78, 5) is 16.3. The second-order valence-corrected chi connectivity index (χ2v) is 6.77. The zero-order chi connectivity index (χ0) is 19.8. The molecule has 0 radical (unpaired) electrons. The molecule has 3 rings (SSSR count). The van der Waals surface area contributed by atoms with Crippen LogP contribution in [-0.4, -0.2) is 38.2 Å². The maximum Gasteiger partial charge on any atom is 0.220 e. The van der Waals surface area contributed by atoms with E-state index < -0.39 is 0 Å². The number of methoxy groups -OCH3 is 2. The zero-order valence-corrected chi connectivity index (χ0v) is 18.8. The second-order valence-electron chi connectivity index (χ2n) is 6.77. The van der Waals surface area contributed by atoms with Crippen LogP contribution in [0.15, 0.2) is 36.5 Å². The van der Waals surface area contributed by atoms with Gasteiger partial charge in [0.15, 0.2) is 11.5 Å². The molecule has 166 valence electrons. The van der Waals surface area contributed by atoms with Crippen molar-refractivity contribution in [3.05, 3.63) is 42.1 Å². The number of ether oxygens (including phenoxy) is 3. The summed E-state index contributed by atoms with van der Waals surface area (Å²) in [5.41, 5.74) is 0.912. The number of aromatic nitrogens is 1. The van der Waals surface area contributed by atoms with E-state index in [-0.39, 0.29) is 30.7 Å². The SMILES string of the molecule is COc1cccc(OC)c1Oc1ccc(CNC(=O)CCC2CCNC2)cn1.Cl.Cl. The van der Waals surface area contributed by atoms with Crippen LogP contribution in [0.4, 0.5) is 0 Å². The minimum Gasteiger partial charge on any atom is -0.493 e. The van der Waals surface area contributed by atoms with Gasteiger partial charge in [-0.3, -0.25) is 4.79 Å². The standard InChI is InChI=1S/C21H27N3O4.2ClH/c1-26-17-4-3-5-18(27-2)21(17)28-20-9-7-16(14-24-20)13-23-19(25)8-6-15-10-11-22-12-15;;/h3-5,7,9,14-15,22H,6,8,10-13H2,1-2H3,(H,23,25);2*1H. The monoisotopic (exact) mass is 457 g/mol. The molecule has 0 spiro atoms. The number of benzene rings is 1. The van der Waals surface area contributed by atoms with E-state index in [1.165, 1.54) is 0 Å². The number of nitrogens with one attached hydrogen (secondary N) is 2. The van der Waals surface area contributed by atoms with Gasteiger partial charge < -0.3 is 24.8 Å². The molecule has 0 aliphatic carbocycles. The lowest BCUT2D eigenvalue weighted by atomic mass is 10.0. The van der Waals surface area contributed by atoms with E-state index in [9.17, 15) is 4.79 Å². The van der Waals surface area contributed by atoms with Gasteiger partial charge in [0.2, 0.25) is 17.5 Å². The van der Waals surface area contributed by atoms with Crippen LogP contribution < -0.4 is 24.8 Å². The molecule has 9 heteroatoms. The van der Waals surface area contributed by atoms with Crippen LogP contribution in [0.1, 0.15) is 24.8 Å². The summed E-state index contributed by atoms with van der Waals surface area (Å²) in [5, 5.41) is 6.27. The van der Waals surface area contributed by atoms with Crippen LogP contribution in [-0.2, 0) is 11.3 Å². The van der Waals surface area contributed by atoms with Gasteiger partial charge in [0.1, 0.15) is 0 Å². The Labute approximate surface area is 189 Å². The Kier molecular flexibility index (Phi) is 11.3. The number of halogens is 2. The molecule has 1 unspecified atom stereocenters. The van der Waals surface area contributed by atoms with Crippen molar-refractivity contribution in [2.75, 3.05) is 27.3 Å². The molecule has 1 aliphatic heterocycles. The van der Waals surface area contributed by atoms with Gasteiger partial charge >= 0.3 is 0 Å². The average molecular weight is 458 g/mol. The first-order valence-corrected chi connectivity index (χ1v) is 9.50. The largest absolute Gasteiger partial charge is 0.493 e. The molecule has 1 aromatic heterocycles. The fourth-order valence-electron chi connectivity index (χ4n) is 3.18. The molecule has 1 atom stereocenters. The number of pyridine rings is 1. The lowest BCUT2D eigenvalue weighted by Gasteiger charge is -2.13. The van der Waals surface area contributed by atoms with E-state index in [1.54, 1.807) is 38.6 Å². The normalized spacial score (nSPS) is 14.8.